The first-order chi connectivity index (χ1) is 15.9. The molecule has 0 heterocycles. The summed E-state index contributed by atoms with van der Waals surface area (Å²) in [7, 11) is 0. The van der Waals surface area contributed by atoms with E-state index in [1.54, 1.807) is 72.8 Å². The summed E-state index contributed by atoms with van der Waals surface area (Å²) >= 11 is 10.3. The highest BCUT2D eigenvalue weighted by atomic mass is 35.5. The molecule has 0 aliphatic carbocycles. The Balaban J connectivity index is 2.09. The van der Waals surface area contributed by atoms with E-state index in [9.17, 15) is 19.2 Å². The van der Waals surface area contributed by atoms with E-state index in [1.165, 1.54) is 6.07 Å². The molecule has 0 aliphatic heterocycles. The lowest BCUT2D eigenvalue weighted by Gasteiger charge is -2.20. The van der Waals surface area contributed by atoms with E-state index in [4.69, 9.17) is 23.2 Å². The van der Waals surface area contributed by atoms with Crippen LogP contribution >= 0.6 is 23.2 Å². The Morgan fingerprint density at radius 1 is 0.727 bits per heavy atom. The van der Waals surface area contributed by atoms with Gasteiger partial charge in [0.15, 0.2) is 9.79 Å². The minimum atomic E-state index is -1.84. The molecule has 1 N–H and O–H groups in total. The number of ketones is 1. The molecule has 33 heavy (non-hydrogen) atoms. The zero-order valence-corrected chi connectivity index (χ0v) is 19.3. The summed E-state index contributed by atoms with van der Waals surface area (Å²) in [5.74, 6) is -2.75. The predicted molar refractivity (Wildman–Crippen MR) is 130 cm³/mol. The maximum atomic E-state index is 13.8. The zero-order chi connectivity index (χ0) is 23.5. The van der Waals surface area contributed by atoms with E-state index in [0.29, 0.717) is 31.6 Å². The van der Waals surface area contributed by atoms with Crippen molar-refractivity contribution in [1.29, 1.82) is 0 Å². The van der Waals surface area contributed by atoms with Crippen molar-refractivity contribution in [2.45, 2.75) is 9.79 Å². The molecule has 0 saturated heterocycles. The van der Waals surface area contributed by atoms with Crippen LogP contribution in [0.2, 0.25) is 10.0 Å². The lowest BCUT2D eigenvalue weighted by Crippen LogP contribution is -2.18. The van der Waals surface area contributed by atoms with Crippen LogP contribution in [-0.4, -0.2) is 21.4 Å². The van der Waals surface area contributed by atoms with E-state index in [2.05, 4.69) is 0 Å². The molecule has 0 aliphatic rings. The lowest BCUT2D eigenvalue weighted by atomic mass is 9.91. The topological polar surface area (TPSA) is 77.4 Å². The van der Waals surface area contributed by atoms with Gasteiger partial charge in [0, 0.05) is 26.8 Å². The van der Waals surface area contributed by atoms with Crippen LogP contribution in [0, 0.1) is 0 Å². The normalized spacial score (nSPS) is 11.7. The first kappa shape index (κ1) is 23.1. The Morgan fingerprint density at radius 2 is 1.27 bits per heavy atom. The van der Waals surface area contributed by atoms with Gasteiger partial charge in [-0.25, -0.2) is 4.79 Å². The summed E-state index contributed by atoms with van der Waals surface area (Å²) < 4.78 is 13.8. The van der Waals surface area contributed by atoms with Crippen LogP contribution in [-0.2, 0) is 16.0 Å². The van der Waals surface area contributed by atoms with Crippen LogP contribution in [0.5, 0.6) is 0 Å². The summed E-state index contributed by atoms with van der Waals surface area (Å²) in [5, 5.41) is 10.5. The van der Waals surface area contributed by atoms with Gasteiger partial charge in [-0.3, -0.25) is 4.79 Å². The molecule has 4 rings (SSSR count). The number of carboxylic acids is 1. The molecule has 0 amide bonds. The Morgan fingerprint density at radius 3 is 1.82 bits per heavy atom. The highest BCUT2D eigenvalue weighted by molar-refractivity contribution is 7.91. The minimum absolute atomic E-state index is 0.128. The molecule has 4 aromatic rings. The van der Waals surface area contributed by atoms with Crippen molar-refractivity contribution >= 4 is 46.1 Å². The van der Waals surface area contributed by atoms with Gasteiger partial charge in [0.25, 0.3) is 5.78 Å². The van der Waals surface area contributed by atoms with Gasteiger partial charge in [0.05, 0.1) is 5.56 Å². The second kappa shape index (κ2) is 9.81. The van der Waals surface area contributed by atoms with E-state index < -0.39 is 22.9 Å². The van der Waals surface area contributed by atoms with Crippen LogP contribution in [0.4, 0.5) is 0 Å². The highest BCUT2D eigenvalue weighted by Crippen LogP contribution is 2.42. The van der Waals surface area contributed by atoms with E-state index in [1.807, 2.05) is 12.1 Å². The molecule has 7 heteroatoms. The number of rotatable bonds is 6. The van der Waals surface area contributed by atoms with Crippen molar-refractivity contribution in [2.24, 2.45) is 0 Å². The Kier molecular flexibility index (Phi) is 6.86. The number of carboxylic acid groups (broad SMARTS) is 1. The van der Waals surface area contributed by atoms with E-state index >= 15 is 0 Å². The molecular formula is C26H16Cl2O4S. The molecular weight excluding hydrogens is 479 g/mol. The Bertz CT molecular complexity index is 1320. The van der Waals surface area contributed by atoms with Gasteiger partial charge in [-0.1, -0.05) is 71.7 Å². The molecule has 1 atom stereocenters. The SMILES string of the molecule is O=C(O)C(=O)c1ccc(-c2ccc(Cl)cc2)c(-c2ccc(Cl)cc2)c1[S+]([O-])c1ccccc1. The number of hydrogen-bond acceptors (Lipinski definition) is 3. The maximum absolute atomic E-state index is 13.8. The fourth-order valence-electron chi connectivity index (χ4n) is 3.50. The molecule has 164 valence electrons. The summed E-state index contributed by atoms with van der Waals surface area (Å²) in [6.45, 7) is 0. The van der Waals surface area contributed by atoms with Gasteiger partial charge in [-0.15, -0.1) is 0 Å². The summed E-state index contributed by atoms with van der Waals surface area (Å²) in [6.07, 6.45) is 0. The first-order valence-corrected chi connectivity index (χ1v) is 11.7. The van der Waals surface area contributed by atoms with Crippen molar-refractivity contribution in [3.8, 4) is 22.3 Å². The van der Waals surface area contributed by atoms with Crippen LogP contribution in [0.3, 0.4) is 0 Å². The van der Waals surface area contributed by atoms with E-state index in [-0.39, 0.29) is 10.5 Å². The molecule has 0 fully saturated rings. The van der Waals surface area contributed by atoms with Crippen LogP contribution in [0.25, 0.3) is 22.3 Å². The summed E-state index contributed by atoms with van der Waals surface area (Å²) in [5.41, 5.74) is 2.44. The molecule has 0 saturated carbocycles. The van der Waals surface area contributed by atoms with Crippen LogP contribution < -0.4 is 0 Å². The van der Waals surface area contributed by atoms with E-state index in [0.717, 1.165) is 5.56 Å². The van der Waals surface area contributed by atoms with Gasteiger partial charge in [0.2, 0.25) is 0 Å². The minimum Gasteiger partial charge on any atom is -0.606 e. The molecule has 0 bridgehead atoms. The summed E-state index contributed by atoms with van der Waals surface area (Å²) in [6, 6.07) is 25.6. The third-order valence-electron chi connectivity index (χ3n) is 5.03. The molecule has 4 nitrogen and oxygen atoms in total. The zero-order valence-electron chi connectivity index (χ0n) is 17.0. The lowest BCUT2D eigenvalue weighted by molar-refractivity contribution is -0.131. The third kappa shape index (κ3) is 4.82. The van der Waals surface area contributed by atoms with Gasteiger partial charge < -0.3 is 9.66 Å². The second-order valence-electron chi connectivity index (χ2n) is 7.09. The molecule has 0 aromatic heterocycles. The predicted octanol–water partition coefficient (Wildman–Crippen LogP) is 6.76. The number of aliphatic carboxylic acids is 1. The smallest absolute Gasteiger partial charge is 0.377 e. The molecule has 0 radical (unpaired) electrons. The number of halogens is 2. The molecule has 1 unspecified atom stereocenters. The molecule has 0 spiro atoms. The maximum Gasteiger partial charge on any atom is 0.377 e. The van der Waals surface area contributed by atoms with Gasteiger partial charge >= 0.3 is 5.97 Å². The van der Waals surface area contributed by atoms with Crippen molar-refractivity contribution in [3.63, 3.8) is 0 Å². The number of carbonyl (C=O) groups excluding carboxylic acids is 1. The van der Waals surface area contributed by atoms with Gasteiger partial charge in [0.1, 0.15) is 0 Å². The van der Waals surface area contributed by atoms with Crippen molar-refractivity contribution in [2.75, 3.05) is 0 Å². The Hall–Kier alpha value is -3.09. The second-order valence-corrected chi connectivity index (χ2v) is 9.38. The highest BCUT2D eigenvalue weighted by Gasteiger charge is 2.32. The Labute approximate surface area is 203 Å². The first-order valence-electron chi connectivity index (χ1n) is 9.80. The summed E-state index contributed by atoms with van der Waals surface area (Å²) in [4.78, 5) is 24.8. The van der Waals surface area contributed by atoms with Crippen molar-refractivity contribution in [1.82, 2.24) is 0 Å². The number of hydrogen-bond donors (Lipinski definition) is 1. The molecule has 4 aromatic carbocycles. The standard InChI is InChI=1S/C26H16Cl2O4S/c27-18-10-6-16(7-11-18)21-14-15-22(24(29)26(30)31)25(33(32)20-4-2-1-3-5-20)23(21)17-8-12-19(28)13-9-17/h1-15H,(H,30,31). The number of Topliss-reactive ketones (excluding diaryl/α,β-unsaturated/α-hetero) is 1. The van der Waals surface area contributed by atoms with Gasteiger partial charge in [-0.05, 0) is 59.2 Å². The average Bonchev–Trinajstić information content (AvgIpc) is 2.84. The largest absolute Gasteiger partial charge is 0.606 e. The fraction of sp³-hybridized carbons (Fsp3) is 0. The van der Waals surface area contributed by atoms with Gasteiger partial charge in [-0.2, -0.15) is 0 Å². The van der Waals surface area contributed by atoms with Crippen molar-refractivity contribution in [3.05, 3.63) is 107 Å². The quantitative estimate of drug-likeness (QED) is 0.182. The van der Waals surface area contributed by atoms with Crippen molar-refractivity contribution < 1.29 is 19.2 Å². The van der Waals surface area contributed by atoms with Crippen LogP contribution in [0.1, 0.15) is 10.4 Å². The monoisotopic (exact) mass is 494 g/mol. The number of benzene rings is 4. The fourth-order valence-corrected chi connectivity index (χ4v) is 5.17. The average molecular weight is 495 g/mol. The third-order valence-corrected chi connectivity index (χ3v) is 7.03. The number of carbonyl (C=O) groups is 2. The van der Waals surface area contributed by atoms with Crippen LogP contribution in [0.15, 0.2) is 101 Å².